The summed E-state index contributed by atoms with van der Waals surface area (Å²) in [5.74, 6) is -1.99. The van der Waals surface area contributed by atoms with Gasteiger partial charge in [0, 0.05) is 12.8 Å². The lowest BCUT2D eigenvalue weighted by Gasteiger charge is -2.40. The SMILES string of the molecule is CCCCCC/C=C/C=C/CCCCCCCC(=O)O[C@H](COC(=O)CCCCCCCCCCCCCCCCCCCCCCCCC)CO[C@H]1O[C@H](CS(=O)(=O)O)[C@@H](O)C(O)C1O. The molecule has 0 saturated carbocycles. The minimum absolute atomic E-state index is 0.150. The summed E-state index contributed by atoms with van der Waals surface area (Å²) < 4.78 is 54.2. The monoisotopic (exact) mass is 959 g/mol. The van der Waals surface area contributed by atoms with Gasteiger partial charge in [0.1, 0.15) is 36.8 Å². The van der Waals surface area contributed by atoms with Crippen molar-refractivity contribution in [3.8, 4) is 0 Å². The molecule has 2 unspecified atom stereocenters. The van der Waals surface area contributed by atoms with Gasteiger partial charge in [0.2, 0.25) is 0 Å². The molecule has 0 aromatic carbocycles. The smallest absolute Gasteiger partial charge is 0.306 e. The number of aliphatic hydroxyl groups is 3. The third-order valence-electron chi connectivity index (χ3n) is 12.6. The molecule has 388 valence electrons. The maximum atomic E-state index is 12.9. The van der Waals surface area contributed by atoms with Crippen molar-refractivity contribution >= 4 is 22.1 Å². The van der Waals surface area contributed by atoms with Gasteiger partial charge in [-0.15, -0.1) is 0 Å². The first-order valence-electron chi connectivity index (χ1n) is 26.9. The molecule has 1 aliphatic rings. The van der Waals surface area contributed by atoms with Gasteiger partial charge in [-0.05, 0) is 38.5 Å². The molecule has 0 bridgehead atoms. The van der Waals surface area contributed by atoms with Crippen LogP contribution in [-0.2, 0) is 38.7 Å². The van der Waals surface area contributed by atoms with Crippen molar-refractivity contribution in [2.24, 2.45) is 0 Å². The number of hydrogen-bond donors (Lipinski definition) is 4. The van der Waals surface area contributed by atoms with Crippen molar-refractivity contribution in [3.63, 3.8) is 0 Å². The van der Waals surface area contributed by atoms with Crippen LogP contribution in [0.5, 0.6) is 0 Å². The van der Waals surface area contributed by atoms with Crippen molar-refractivity contribution in [1.82, 2.24) is 0 Å². The fraction of sp³-hybridized carbons (Fsp3) is 0.887. The first-order valence-corrected chi connectivity index (χ1v) is 28.5. The number of hydrogen-bond acceptors (Lipinski definition) is 11. The van der Waals surface area contributed by atoms with Crippen molar-refractivity contribution in [2.75, 3.05) is 19.0 Å². The van der Waals surface area contributed by atoms with E-state index < -0.39 is 71.2 Å². The summed E-state index contributed by atoms with van der Waals surface area (Å²) in [5.41, 5.74) is 0. The lowest BCUT2D eigenvalue weighted by molar-refractivity contribution is -0.297. The number of aliphatic hydroxyl groups excluding tert-OH is 3. The Morgan fingerprint density at radius 3 is 1.32 bits per heavy atom. The Morgan fingerprint density at radius 2 is 0.894 bits per heavy atom. The maximum Gasteiger partial charge on any atom is 0.306 e. The number of allylic oxidation sites excluding steroid dienone is 4. The Hall–Kier alpha value is -1.87. The molecule has 1 fully saturated rings. The molecule has 1 rings (SSSR count). The average molecular weight is 959 g/mol. The van der Waals surface area contributed by atoms with Crippen LogP contribution in [0.2, 0.25) is 0 Å². The largest absolute Gasteiger partial charge is 0.462 e. The van der Waals surface area contributed by atoms with E-state index in [2.05, 4.69) is 38.2 Å². The predicted octanol–water partition coefficient (Wildman–Crippen LogP) is 12.3. The molecule has 1 heterocycles. The van der Waals surface area contributed by atoms with Crippen molar-refractivity contribution < 1.29 is 56.8 Å². The first kappa shape index (κ1) is 62.1. The highest BCUT2D eigenvalue weighted by Gasteiger charge is 2.46. The minimum atomic E-state index is -4.61. The normalized spacial score (nSPS) is 19.5. The van der Waals surface area contributed by atoms with E-state index in [0.29, 0.717) is 12.8 Å². The Kier molecular flexibility index (Phi) is 40.7. The highest BCUT2D eigenvalue weighted by Crippen LogP contribution is 2.24. The number of ether oxygens (including phenoxy) is 4. The zero-order chi connectivity index (χ0) is 48.4. The lowest BCUT2D eigenvalue weighted by atomic mass is 10.00. The summed E-state index contributed by atoms with van der Waals surface area (Å²) >= 11 is 0. The van der Waals surface area contributed by atoms with Crippen LogP contribution in [0.3, 0.4) is 0 Å². The van der Waals surface area contributed by atoms with E-state index >= 15 is 0 Å². The van der Waals surface area contributed by atoms with E-state index in [1.807, 2.05) is 0 Å². The van der Waals surface area contributed by atoms with E-state index in [1.54, 1.807) is 0 Å². The van der Waals surface area contributed by atoms with Gasteiger partial charge in [0.05, 0.1) is 6.61 Å². The lowest BCUT2D eigenvalue weighted by Crippen LogP contribution is -2.60. The number of carbonyl (C=O) groups excluding carboxylic acids is 2. The number of esters is 2. The van der Waals surface area contributed by atoms with E-state index in [0.717, 1.165) is 57.8 Å². The van der Waals surface area contributed by atoms with E-state index in [4.69, 9.17) is 18.9 Å². The highest BCUT2D eigenvalue weighted by atomic mass is 32.2. The average Bonchev–Trinajstić information content (AvgIpc) is 3.28. The highest BCUT2D eigenvalue weighted by molar-refractivity contribution is 7.85. The molecule has 0 spiro atoms. The van der Waals surface area contributed by atoms with Crippen LogP contribution in [0.25, 0.3) is 0 Å². The Labute approximate surface area is 402 Å². The van der Waals surface area contributed by atoms with Crippen molar-refractivity contribution in [3.05, 3.63) is 24.3 Å². The molecular weight excluding hydrogens is 861 g/mol. The van der Waals surface area contributed by atoms with Crippen LogP contribution >= 0.6 is 0 Å². The number of carbonyl (C=O) groups is 2. The van der Waals surface area contributed by atoms with Gasteiger partial charge in [-0.3, -0.25) is 14.1 Å². The summed E-state index contributed by atoms with van der Waals surface area (Å²) in [4.78, 5) is 25.5. The molecule has 0 aromatic heterocycles. The van der Waals surface area contributed by atoms with Crippen LogP contribution in [0.1, 0.15) is 245 Å². The predicted molar refractivity (Wildman–Crippen MR) is 266 cm³/mol. The molecule has 12 nitrogen and oxygen atoms in total. The zero-order valence-electron chi connectivity index (χ0n) is 41.8. The molecule has 0 amide bonds. The minimum Gasteiger partial charge on any atom is -0.462 e. The van der Waals surface area contributed by atoms with Crippen LogP contribution in [0.4, 0.5) is 0 Å². The van der Waals surface area contributed by atoms with Crippen LogP contribution in [0.15, 0.2) is 24.3 Å². The van der Waals surface area contributed by atoms with Gasteiger partial charge in [-0.25, -0.2) is 0 Å². The van der Waals surface area contributed by atoms with Crippen LogP contribution < -0.4 is 0 Å². The molecule has 1 saturated heterocycles. The summed E-state index contributed by atoms with van der Waals surface area (Å²) in [6.07, 6.45) is 40.8. The van der Waals surface area contributed by atoms with Crippen LogP contribution in [0, 0.1) is 0 Å². The van der Waals surface area contributed by atoms with Gasteiger partial charge in [-0.1, -0.05) is 218 Å². The van der Waals surface area contributed by atoms with Crippen molar-refractivity contribution in [1.29, 1.82) is 0 Å². The standard InChI is InChI=1S/C53H98O12S/c1-3-5-7-9-11-13-15-17-19-20-21-22-23-24-25-26-28-29-31-33-35-37-39-41-48(54)62-43-46(44-63-53-52(58)51(57)50(56)47(65-53)45-66(59,60)61)64-49(55)42-40-38-36-34-32-30-27-18-16-14-12-10-8-6-4-2/h14,16,18,27,46-47,50-53,56-58H,3-13,15,17,19-26,28-45H2,1-2H3,(H,59,60,61)/b16-14+,27-18+/t46-,47-,50-,51?,52?,53+/m1/s1. The second-order valence-electron chi connectivity index (χ2n) is 18.9. The Morgan fingerprint density at radius 1 is 0.515 bits per heavy atom. The number of rotatable bonds is 46. The van der Waals surface area contributed by atoms with Gasteiger partial charge in [-0.2, -0.15) is 8.42 Å². The van der Waals surface area contributed by atoms with Gasteiger partial charge >= 0.3 is 11.9 Å². The Bertz CT molecular complexity index is 1310. The topological polar surface area (TPSA) is 186 Å². The third-order valence-corrected chi connectivity index (χ3v) is 13.3. The maximum absolute atomic E-state index is 12.9. The molecule has 0 aliphatic carbocycles. The van der Waals surface area contributed by atoms with E-state index in [1.165, 1.54) is 148 Å². The van der Waals surface area contributed by atoms with Crippen LogP contribution in [-0.4, -0.2) is 96.0 Å². The Balaban J connectivity index is 2.32. The fourth-order valence-electron chi connectivity index (χ4n) is 8.38. The van der Waals surface area contributed by atoms with Gasteiger partial charge in [0.25, 0.3) is 10.1 Å². The fourth-order valence-corrected chi connectivity index (χ4v) is 9.07. The summed E-state index contributed by atoms with van der Waals surface area (Å²) in [6, 6.07) is 0. The summed E-state index contributed by atoms with van der Waals surface area (Å²) in [5, 5.41) is 31.0. The zero-order valence-corrected chi connectivity index (χ0v) is 42.6. The summed E-state index contributed by atoms with van der Waals surface area (Å²) in [6.45, 7) is 3.77. The molecule has 66 heavy (non-hydrogen) atoms. The second kappa shape index (κ2) is 43.2. The van der Waals surface area contributed by atoms with Gasteiger partial charge in [0.15, 0.2) is 12.4 Å². The molecule has 0 radical (unpaired) electrons. The second-order valence-corrected chi connectivity index (χ2v) is 20.4. The molecule has 0 aromatic rings. The summed E-state index contributed by atoms with van der Waals surface area (Å²) in [7, 11) is -4.61. The molecule has 6 atom stereocenters. The molecular formula is C53H98O12S. The first-order chi connectivity index (χ1) is 32.0. The van der Waals surface area contributed by atoms with Crippen molar-refractivity contribution in [2.45, 2.75) is 282 Å². The molecule has 4 N–H and O–H groups in total. The molecule has 1 aliphatic heterocycles. The van der Waals surface area contributed by atoms with E-state index in [9.17, 15) is 37.9 Å². The molecule has 13 heteroatoms. The number of unbranched alkanes of at least 4 members (excludes halogenated alkanes) is 31. The van der Waals surface area contributed by atoms with E-state index in [-0.39, 0.29) is 19.4 Å². The quantitative estimate of drug-likeness (QED) is 0.0196. The van der Waals surface area contributed by atoms with Gasteiger partial charge < -0.3 is 34.3 Å². The third kappa shape index (κ3) is 37.1.